The average molecular weight is 492 g/mol. The number of guanidine groups is 1. The maximum absolute atomic E-state index is 13.9. The minimum atomic E-state index is -0.575. The monoisotopic (exact) mass is 492 g/mol. The van der Waals surface area contributed by atoms with Gasteiger partial charge in [0.25, 0.3) is 0 Å². The Morgan fingerprint density at radius 2 is 1.93 bits per heavy atom. The van der Waals surface area contributed by atoms with E-state index in [0.717, 1.165) is 11.8 Å². The molecule has 150 valence electrons. The molecule has 1 heterocycles. The number of aliphatic imine (C=N–C) groups is 1. The zero-order valence-electron chi connectivity index (χ0n) is 16.1. The van der Waals surface area contributed by atoms with Crippen molar-refractivity contribution in [3.63, 3.8) is 0 Å². The molecule has 0 spiro atoms. The molecule has 1 aromatic carbocycles. The van der Waals surface area contributed by atoms with Crippen LogP contribution in [-0.4, -0.2) is 24.2 Å². The molecular formula is C19H27F2IN4O. The van der Waals surface area contributed by atoms with Crippen LogP contribution in [0.5, 0.6) is 0 Å². The summed E-state index contributed by atoms with van der Waals surface area (Å²) in [5.41, 5.74) is 1.36. The van der Waals surface area contributed by atoms with Crippen LogP contribution in [0, 0.1) is 11.6 Å². The number of nitrogens with one attached hydrogen (secondary N) is 2. The molecule has 0 aliphatic carbocycles. The molecule has 0 radical (unpaired) electrons. The van der Waals surface area contributed by atoms with Crippen molar-refractivity contribution >= 4 is 29.9 Å². The van der Waals surface area contributed by atoms with Gasteiger partial charge in [0.05, 0.1) is 5.69 Å². The van der Waals surface area contributed by atoms with Crippen LogP contribution in [-0.2, 0) is 6.54 Å². The molecule has 0 saturated carbocycles. The second-order valence-electron chi connectivity index (χ2n) is 6.52. The molecule has 1 unspecified atom stereocenters. The maximum Gasteiger partial charge on any atom is 0.191 e. The van der Waals surface area contributed by atoms with Gasteiger partial charge >= 0.3 is 0 Å². The van der Waals surface area contributed by atoms with Gasteiger partial charge in [0.2, 0.25) is 0 Å². The highest BCUT2D eigenvalue weighted by molar-refractivity contribution is 14.0. The number of halogens is 3. The first-order valence-corrected chi connectivity index (χ1v) is 8.83. The molecule has 0 aliphatic heterocycles. The third-order valence-electron chi connectivity index (χ3n) is 3.98. The van der Waals surface area contributed by atoms with E-state index in [2.05, 4.69) is 20.8 Å². The van der Waals surface area contributed by atoms with E-state index in [0.29, 0.717) is 42.8 Å². The first-order valence-electron chi connectivity index (χ1n) is 8.83. The second-order valence-corrected chi connectivity index (χ2v) is 6.52. The van der Waals surface area contributed by atoms with Gasteiger partial charge in [0, 0.05) is 31.1 Å². The van der Waals surface area contributed by atoms with Gasteiger partial charge in [-0.15, -0.1) is 24.0 Å². The minimum absolute atomic E-state index is 0. The van der Waals surface area contributed by atoms with Crippen LogP contribution in [0.15, 0.2) is 33.8 Å². The Hall–Kier alpha value is -1.71. The molecule has 2 rings (SSSR count). The number of aromatic nitrogens is 1. The molecule has 1 atom stereocenters. The number of nitrogens with zero attached hydrogens (tertiary/aromatic N) is 2. The largest absolute Gasteiger partial charge is 0.359 e. The number of hydrogen-bond acceptors (Lipinski definition) is 3. The van der Waals surface area contributed by atoms with Crippen molar-refractivity contribution in [3.8, 4) is 0 Å². The normalized spacial score (nSPS) is 12.6. The zero-order chi connectivity index (χ0) is 19.1. The molecule has 27 heavy (non-hydrogen) atoms. The number of rotatable bonds is 7. The lowest BCUT2D eigenvalue weighted by molar-refractivity contribution is 0.376. The first-order chi connectivity index (χ1) is 12.4. The van der Waals surface area contributed by atoms with Crippen molar-refractivity contribution in [1.82, 2.24) is 15.8 Å². The summed E-state index contributed by atoms with van der Waals surface area (Å²) >= 11 is 0. The SMILES string of the molecule is CCNC(=NCc1cc(C(C)C)no1)NCC(C)c1ccc(F)cc1F.I. The van der Waals surface area contributed by atoms with E-state index in [4.69, 9.17) is 4.52 Å². The van der Waals surface area contributed by atoms with Crippen LogP contribution in [0.1, 0.15) is 56.5 Å². The summed E-state index contributed by atoms with van der Waals surface area (Å²) in [5, 5.41) is 10.3. The fourth-order valence-corrected chi connectivity index (χ4v) is 2.44. The third kappa shape index (κ3) is 7.08. The van der Waals surface area contributed by atoms with Gasteiger partial charge in [-0.3, -0.25) is 0 Å². The molecule has 5 nitrogen and oxygen atoms in total. The fraction of sp³-hybridized carbons (Fsp3) is 0.474. The quantitative estimate of drug-likeness (QED) is 0.338. The summed E-state index contributed by atoms with van der Waals surface area (Å²) < 4.78 is 32.2. The van der Waals surface area contributed by atoms with Crippen LogP contribution in [0.25, 0.3) is 0 Å². The van der Waals surface area contributed by atoms with Gasteiger partial charge in [-0.25, -0.2) is 13.8 Å². The highest BCUT2D eigenvalue weighted by Crippen LogP contribution is 2.19. The van der Waals surface area contributed by atoms with Crippen molar-refractivity contribution in [3.05, 3.63) is 52.9 Å². The first kappa shape index (κ1) is 23.3. The van der Waals surface area contributed by atoms with Crippen LogP contribution >= 0.6 is 24.0 Å². The molecule has 0 saturated heterocycles. The van der Waals surface area contributed by atoms with E-state index in [9.17, 15) is 8.78 Å². The van der Waals surface area contributed by atoms with E-state index in [1.165, 1.54) is 12.1 Å². The summed E-state index contributed by atoms with van der Waals surface area (Å²) in [7, 11) is 0. The van der Waals surface area contributed by atoms with Crippen molar-refractivity contribution in [2.45, 2.75) is 46.1 Å². The van der Waals surface area contributed by atoms with Gasteiger partial charge in [-0.05, 0) is 24.5 Å². The van der Waals surface area contributed by atoms with Crippen LogP contribution in [0.4, 0.5) is 8.78 Å². The highest BCUT2D eigenvalue weighted by atomic mass is 127. The standard InChI is InChI=1S/C19H26F2N4O.HI/c1-5-22-19(24-11-15-9-18(12(2)3)25-26-15)23-10-13(4)16-7-6-14(20)8-17(16)21;/h6-9,12-13H,5,10-11H2,1-4H3,(H2,22,23,24);1H. The van der Waals surface area contributed by atoms with Crippen molar-refractivity contribution < 1.29 is 13.3 Å². The third-order valence-corrected chi connectivity index (χ3v) is 3.98. The molecule has 0 bridgehead atoms. The Morgan fingerprint density at radius 1 is 1.19 bits per heavy atom. The Balaban J connectivity index is 0.00000364. The molecule has 2 aromatic rings. The molecule has 2 N–H and O–H groups in total. The maximum atomic E-state index is 13.9. The average Bonchev–Trinajstić information content (AvgIpc) is 3.06. The van der Waals surface area contributed by atoms with Crippen molar-refractivity contribution in [2.75, 3.05) is 13.1 Å². The second kappa shape index (κ2) is 11.2. The van der Waals surface area contributed by atoms with E-state index in [-0.39, 0.29) is 29.9 Å². The van der Waals surface area contributed by atoms with Crippen molar-refractivity contribution in [1.29, 1.82) is 0 Å². The van der Waals surface area contributed by atoms with Crippen LogP contribution in [0.2, 0.25) is 0 Å². The fourth-order valence-electron chi connectivity index (χ4n) is 2.44. The Bertz CT molecular complexity index is 749. The van der Waals surface area contributed by atoms with Crippen molar-refractivity contribution in [2.24, 2.45) is 4.99 Å². The topological polar surface area (TPSA) is 62.5 Å². The van der Waals surface area contributed by atoms with E-state index in [1.807, 2.05) is 33.8 Å². The van der Waals surface area contributed by atoms with E-state index >= 15 is 0 Å². The van der Waals surface area contributed by atoms with Gasteiger partial charge in [0.1, 0.15) is 18.2 Å². The zero-order valence-corrected chi connectivity index (χ0v) is 18.4. The van der Waals surface area contributed by atoms with Crippen LogP contribution in [0.3, 0.4) is 0 Å². The molecule has 0 aliphatic rings. The number of hydrogen-bond donors (Lipinski definition) is 2. The Morgan fingerprint density at radius 3 is 2.52 bits per heavy atom. The molecule has 8 heteroatoms. The summed E-state index contributed by atoms with van der Waals surface area (Å²) in [6, 6.07) is 5.54. The van der Waals surface area contributed by atoms with Gasteiger partial charge < -0.3 is 15.2 Å². The highest BCUT2D eigenvalue weighted by Gasteiger charge is 2.13. The van der Waals surface area contributed by atoms with E-state index in [1.54, 1.807) is 0 Å². The smallest absolute Gasteiger partial charge is 0.191 e. The predicted octanol–water partition coefficient (Wildman–Crippen LogP) is 4.55. The van der Waals surface area contributed by atoms with Gasteiger partial charge in [-0.1, -0.05) is 32.0 Å². The predicted molar refractivity (Wildman–Crippen MR) is 114 cm³/mol. The molecule has 0 amide bonds. The Labute approximate surface area is 176 Å². The van der Waals surface area contributed by atoms with Crippen LogP contribution < -0.4 is 10.6 Å². The minimum Gasteiger partial charge on any atom is -0.359 e. The lowest BCUT2D eigenvalue weighted by Gasteiger charge is -2.16. The molecular weight excluding hydrogens is 465 g/mol. The molecule has 0 fully saturated rings. The number of benzene rings is 1. The lowest BCUT2D eigenvalue weighted by Crippen LogP contribution is -2.39. The summed E-state index contributed by atoms with van der Waals surface area (Å²) in [5.74, 6) is 0.331. The van der Waals surface area contributed by atoms with E-state index < -0.39 is 11.6 Å². The Kier molecular flexibility index (Phi) is 9.68. The molecule has 1 aromatic heterocycles. The lowest BCUT2D eigenvalue weighted by atomic mass is 10.0. The summed E-state index contributed by atoms with van der Waals surface area (Å²) in [4.78, 5) is 4.47. The summed E-state index contributed by atoms with van der Waals surface area (Å²) in [6.45, 7) is 9.44. The van der Waals surface area contributed by atoms with Gasteiger partial charge in [0.15, 0.2) is 11.7 Å². The summed E-state index contributed by atoms with van der Waals surface area (Å²) in [6.07, 6.45) is 0. The van der Waals surface area contributed by atoms with Gasteiger partial charge in [-0.2, -0.15) is 0 Å².